The van der Waals surface area contributed by atoms with Gasteiger partial charge in [-0.05, 0) is 24.8 Å². The van der Waals surface area contributed by atoms with Gasteiger partial charge in [0.25, 0.3) is 0 Å². The first-order chi connectivity index (χ1) is 8.50. The number of amidine groups is 1. The number of pyridine rings is 1. The van der Waals surface area contributed by atoms with Crippen molar-refractivity contribution in [2.75, 3.05) is 0 Å². The summed E-state index contributed by atoms with van der Waals surface area (Å²) in [6, 6.07) is 1.61. The zero-order valence-corrected chi connectivity index (χ0v) is 11.4. The zero-order valence-electron chi connectivity index (χ0n) is 9.81. The molecule has 94 valence electrons. The predicted octanol–water partition coefficient (Wildman–Crippen LogP) is 1.61. The minimum absolute atomic E-state index is 0.0848. The van der Waals surface area contributed by atoms with Crippen LogP contribution in [-0.4, -0.2) is 25.6 Å². The first-order valence-corrected chi connectivity index (χ1v) is 6.23. The maximum atomic E-state index is 7.42. The number of nitrogens with one attached hydrogen (secondary N) is 1. The Kier molecular flexibility index (Phi) is 3.53. The van der Waals surface area contributed by atoms with Crippen LogP contribution in [0.25, 0.3) is 0 Å². The maximum Gasteiger partial charge on any atom is 0.197 e. The van der Waals surface area contributed by atoms with Gasteiger partial charge in [0.15, 0.2) is 5.16 Å². The van der Waals surface area contributed by atoms with Gasteiger partial charge in [0, 0.05) is 18.8 Å². The van der Waals surface area contributed by atoms with E-state index in [2.05, 4.69) is 15.2 Å². The Morgan fingerprint density at radius 1 is 1.50 bits per heavy atom. The summed E-state index contributed by atoms with van der Waals surface area (Å²) in [4.78, 5) is 4.16. The van der Waals surface area contributed by atoms with Gasteiger partial charge < -0.3 is 10.3 Å². The molecule has 0 aliphatic carbocycles. The molecule has 0 aromatic carbocycles. The van der Waals surface area contributed by atoms with Crippen molar-refractivity contribution >= 4 is 29.2 Å². The van der Waals surface area contributed by atoms with Gasteiger partial charge in [-0.3, -0.25) is 5.41 Å². The molecule has 18 heavy (non-hydrogen) atoms. The molecule has 2 aromatic heterocycles. The highest BCUT2D eigenvalue weighted by molar-refractivity contribution is 7.99. The summed E-state index contributed by atoms with van der Waals surface area (Å²) in [5, 5.41) is 17.0. The molecule has 0 bridgehead atoms. The molecule has 6 nitrogen and oxygen atoms in total. The summed E-state index contributed by atoms with van der Waals surface area (Å²) in [5.41, 5.74) is 5.91. The van der Waals surface area contributed by atoms with E-state index in [4.69, 9.17) is 22.7 Å². The van der Waals surface area contributed by atoms with Crippen LogP contribution in [0.1, 0.15) is 11.4 Å². The van der Waals surface area contributed by atoms with Crippen LogP contribution in [0, 0.1) is 12.3 Å². The van der Waals surface area contributed by atoms with Gasteiger partial charge in [0.1, 0.15) is 16.7 Å². The summed E-state index contributed by atoms with van der Waals surface area (Å²) in [7, 11) is 1.86. The highest BCUT2D eigenvalue weighted by atomic mass is 35.5. The molecule has 2 heterocycles. The molecular weight excluding hydrogens is 272 g/mol. The third kappa shape index (κ3) is 2.32. The fourth-order valence-electron chi connectivity index (χ4n) is 1.27. The van der Waals surface area contributed by atoms with E-state index in [-0.39, 0.29) is 5.84 Å². The normalized spacial score (nSPS) is 10.6. The van der Waals surface area contributed by atoms with Crippen LogP contribution in [0.2, 0.25) is 5.02 Å². The molecule has 0 amide bonds. The van der Waals surface area contributed by atoms with Crippen LogP contribution in [0.15, 0.2) is 22.4 Å². The molecule has 3 N–H and O–H groups in total. The Balaban J connectivity index is 2.38. The third-order valence-corrected chi connectivity index (χ3v) is 3.92. The number of hydrogen-bond acceptors (Lipinski definition) is 5. The van der Waals surface area contributed by atoms with Crippen molar-refractivity contribution in [2.24, 2.45) is 12.8 Å². The highest BCUT2D eigenvalue weighted by Crippen LogP contribution is 2.32. The number of aromatic nitrogens is 4. The number of hydrogen-bond donors (Lipinski definition) is 2. The van der Waals surface area contributed by atoms with Crippen molar-refractivity contribution in [3.8, 4) is 0 Å². The first kappa shape index (κ1) is 12.8. The van der Waals surface area contributed by atoms with Crippen LogP contribution in [0.4, 0.5) is 0 Å². The molecule has 0 radical (unpaired) electrons. The van der Waals surface area contributed by atoms with Crippen LogP contribution in [-0.2, 0) is 7.05 Å². The van der Waals surface area contributed by atoms with Crippen molar-refractivity contribution in [3.63, 3.8) is 0 Å². The van der Waals surface area contributed by atoms with E-state index >= 15 is 0 Å². The van der Waals surface area contributed by atoms with Crippen molar-refractivity contribution in [2.45, 2.75) is 17.1 Å². The predicted molar refractivity (Wildman–Crippen MR) is 70.1 cm³/mol. The van der Waals surface area contributed by atoms with Gasteiger partial charge in [0.2, 0.25) is 0 Å². The summed E-state index contributed by atoms with van der Waals surface area (Å²) >= 11 is 7.44. The van der Waals surface area contributed by atoms with Gasteiger partial charge in [-0.15, -0.1) is 10.2 Å². The molecule has 0 spiro atoms. The Morgan fingerprint density at radius 3 is 2.78 bits per heavy atom. The first-order valence-electron chi connectivity index (χ1n) is 5.03. The lowest BCUT2D eigenvalue weighted by Crippen LogP contribution is -2.12. The fraction of sp³-hybridized carbons (Fsp3) is 0.200. The summed E-state index contributed by atoms with van der Waals surface area (Å²) in [5.74, 6) is 0.717. The lowest BCUT2D eigenvalue weighted by molar-refractivity contribution is 0.764. The van der Waals surface area contributed by atoms with E-state index in [1.165, 1.54) is 11.8 Å². The van der Waals surface area contributed by atoms with Gasteiger partial charge in [-0.25, -0.2) is 4.98 Å². The second-order valence-corrected chi connectivity index (χ2v) is 4.92. The molecule has 0 aliphatic rings. The second kappa shape index (κ2) is 4.95. The van der Waals surface area contributed by atoms with Crippen LogP contribution >= 0.6 is 23.4 Å². The van der Waals surface area contributed by atoms with E-state index < -0.39 is 0 Å². The third-order valence-electron chi connectivity index (χ3n) is 2.39. The van der Waals surface area contributed by atoms with Gasteiger partial charge in [-0.1, -0.05) is 11.6 Å². The molecule has 0 saturated heterocycles. The quantitative estimate of drug-likeness (QED) is 0.659. The Labute approximate surface area is 113 Å². The van der Waals surface area contributed by atoms with Crippen LogP contribution in [0.3, 0.4) is 0 Å². The van der Waals surface area contributed by atoms with E-state index in [0.717, 1.165) is 5.82 Å². The molecular formula is C10H11ClN6S. The number of rotatable bonds is 3. The van der Waals surface area contributed by atoms with Gasteiger partial charge >= 0.3 is 0 Å². The molecule has 2 aromatic rings. The average Bonchev–Trinajstić information content (AvgIpc) is 2.63. The smallest absolute Gasteiger partial charge is 0.197 e. The minimum atomic E-state index is -0.0848. The van der Waals surface area contributed by atoms with E-state index in [0.29, 0.717) is 20.8 Å². The van der Waals surface area contributed by atoms with Gasteiger partial charge in [0.05, 0.1) is 5.02 Å². The average molecular weight is 283 g/mol. The number of halogens is 1. The van der Waals surface area contributed by atoms with E-state index in [1.54, 1.807) is 12.3 Å². The van der Waals surface area contributed by atoms with E-state index in [9.17, 15) is 0 Å². The van der Waals surface area contributed by atoms with Crippen molar-refractivity contribution in [3.05, 3.63) is 28.7 Å². The Hall–Kier alpha value is -1.60. The lowest BCUT2D eigenvalue weighted by Gasteiger charge is -2.06. The summed E-state index contributed by atoms with van der Waals surface area (Å²) in [6.45, 7) is 1.86. The van der Waals surface area contributed by atoms with Gasteiger partial charge in [-0.2, -0.15) is 0 Å². The van der Waals surface area contributed by atoms with Crippen molar-refractivity contribution < 1.29 is 0 Å². The summed E-state index contributed by atoms with van der Waals surface area (Å²) in [6.07, 6.45) is 1.56. The molecule has 8 heteroatoms. The molecule has 0 unspecified atom stereocenters. The molecule has 0 atom stereocenters. The molecule has 2 rings (SSSR count). The zero-order chi connectivity index (χ0) is 13.3. The monoisotopic (exact) mass is 282 g/mol. The SMILES string of the molecule is Cc1nnc(Sc2nccc(C(=N)N)c2Cl)n1C. The summed E-state index contributed by atoms with van der Waals surface area (Å²) < 4.78 is 1.84. The lowest BCUT2D eigenvalue weighted by atomic mass is 10.2. The molecule has 0 aliphatic heterocycles. The second-order valence-electron chi connectivity index (χ2n) is 3.58. The molecule has 0 saturated carbocycles. The number of nitrogens with two attached hydrogens (primary N) is 1. The molecule has 0 fully saturated rings. The topological polar surface area (TPSA) is 93.5 Å². The largest absolute Gasteiger partial charge is 0.384 e. The highest BCUT2D eigenvalue weighted by Gasteiger charge is 2.14. The van der Waals surface area contributed by atoms with Crippen molar-refractivity contribution in [1.82, 2.24) is 19.7 Å². The van der Waals surface area contributed by atoms with Crippen LogP contribution < -0.4 is 5.73 Å². The van der Waals surface area contributed by atoms with Crippen LogP contribution in [0.5, 0.6) is 0 Å². The standard InChI is InChI=1S/C10H11ClN6S/c1-5-15-16-10(17(5)2)18-9-7(11)6(8(12)13)3-4-14-9/h3-4H,1-2H3,(H3,12,13). The van der Waals surface area contributed by atoms with E-state index in [1.807, 2.05) is 18.5 Å². The van der Waals surface area contributed by atoms with Crippen molar-refractivity contribution in [1.29, 1.82) is 5.41 Å². The Morgan fingerprint density at radius 2 is 2.22 bits per heavy atom. The number of aryl methyl sites for hydroxylation is 1. The number of nitrogen functional groups attached to an aromatic ring is 1. The minimum Gasteiger partial charge on any atom is -0.384 e. The fourth-order valence-corrected chi connectivity index (χ4v) is 2.43. The number of nitrogens with zero attached hydrogens (tertiary/aromatic N) is 4. The maximum absolute atomic E-state index is 7.42. The Bertz CT molecular complexity index is 608.